The highest BCUT2D eigenvalue weighted by Crippen LogP contribution is 2.51. The number of rotatable bonds is 12. The SMILES string of the molecule is C[C@H](OP(=O)(CCCCc1ccccc1)OCc1ccccc1)C(=O)N1CCC[C@H]1C(=O)O. The van der Waals surface area contributed by atoms with Crippen LogP contribution in [0.5, 0.6) is 0 Å². The second-order valence-electron chi connectivity index (χ2n) is 8.31. The predicted molar refractivity (Wildman–Crippen MR) is 126 cm³/mol. The van der Waals surface area contributed by atoms with E-state index in [4.69, 9.17) is 9.05 Å². The Morgan fingerprint density at radius 3 is 2.33 bits per heavy atom. The fourth-order valence-corrected chi connectivity index (χ4v) is 5.80. The van der Waals surface area contributed by atoms with Crippen LogP contribution in [0.3, 0.4) is 0 Å². The van der Waals surface area contributed by atoms with Gasteiger partial charge in [-0.05, 0) is 50.2 Å². The number of likely N-dealkylation sites (tertiary alicyclic amines) is 1. The van der Waals surface area contributed by atoms with Crippen LogP contribution in [0.1, 0.15) is 43.7 Å². The van der Waals surface area contributed by atoms with Gasteiger partial charge in [0.1, 0.15) is 12.1 Å². The summed E-state index contributed by atoms with van der Waals surface area (Å²) in [5.41, 5.74) is 2.06. The number of carbonyl (C=O) groups excluding carboxylic acids is 1. The van der Waals surface area contributed by atoms with Gasteiger partial charge in [-0.25, -0.2) is 4.79 Å². The molecule has 0 bridgehead atoms. The van der Waals surface area contributed by atoms with E-state index >= 15 is 0 Å². The first kappa shape index (κ1) is 25.2. The monoisotopic (exact) mass is 473 g/mol. The summed E-state index contributed by atoms with van der Waals surface area (Å²) in [6.07, 6.45) is 2.44. The summed E-state index contributed by atoms with van der Waals surface area (Å²) in [4.78, 5) is 25.7. The van der Waals surface area contributed by atoms with E-state index in [9.17, 15) is 19.3 Å². The van der Waals surface area contributed by atoms with Gasteiger partial charge in [-0.2, -0.15) is 0 Å². The molecule has 3 rings (SSSR count). The maximum absolute atomic E-state index is 13.6. The van der Waals surface area contributed by atoms with E-state index in [1.54, 1.807) is 0 Å². The fourth-order valence-electron chi connectivity index (χ4n) is 3.98. The number of benzene rings is 2. The van der Waals surface area contributed by atoms with Crippen molar-refractivity contribution in [3.8, 4) is 0 Å². The minimum absolute atomic E-state index is 0.110. The first-order chi connectivity index (χ1) is 15.9. The van der Waals surface area contributed by atoms with Crippen molar-refractivity contribution in [2.45, 2.75) is 57.8 Å². The minimum Gasteiger partial charge on any atom is -0.480 e. The summed E-state index contributed by atoms with van der Waals surface area (Å²) in [6, 6.07) is 18.6. The van der Waals surface area contributed by atoms with Gasteiger partial charge in [-0.1, -0.05) is 60.7 Å². The number of nitrogens with zero attached hydrogens (tertiary/aromatic N) is 1. The van der Waals surface area contributed by atoms with E-state index in [2.05, 4.69) is 12.1 Å². The molecular formula is C25H32NO6P. The highest BCUT2D eigenvalue weighted by Gasteiger charge is 2.38. The summed E-state index contributed by atoms with van der Waals surface area (Å²) in [6.45, 7) is 1.98. The van der Waals surface area contributed by atoms with Gasteiger partial charge >= 0.3 is 13.6 Å². The van der Waals surface area contributed by atoms with Crippen LogP contribution in [0.2, 0.25) is 0 Å². The Morgan fingerprint density at radius 1 is 1.06 bits per heavy atom. The summed E-state index contributed by atoms with van der Waals surface area (Å²) < 4.78 is 25.1. The molecule has 2 aromatic rings. The Hall–Kier alpha value is -2.47. The number of aliphatic carboxylic acids is 1. The average molecular weight is 474 g/mol. The van der Waals surface area contributed by atoms with Gasteiger partial charge in [0, 0.05) is 6.54 Å². The van der Waals surface area contributed by atoms with Crippen molar-refractivity contribution in [2.75, 3.05) is 12.7 Å². The predicted octanol–water partition coefficient (Wildman–Crippen LogP) is 4.90. The van der Waals surface area contributed by atoms with E-state index in [1.807, 2.05) is 48.5 Å². The van der Waals surface area contributed by atoms with E-state index in [0.717, 1.165) is 18.4 Å². The molecule has 2 aromatic carbocycles. The van der Waals surface area contributed by atoms with E-state index in [0.29, 0.717) is 25.8 Å². The van der Waals surface area contributed by atoms with Crippen LogP contribution in [0.4, 0.5) is 0 Å². The Morgan fingerprint density at radius 2 is 1.70 bits per heavy atom. The van der Waals surface area contributed by atoms with Crippen molar-refractivity contribution in [2.24, 2.45) is 0 Å². The van der Waals surface area contributed by atoms with E-state index < -0.39 is 31.6 Å². The summed E-state index contributed by atoms with van der Waals surface area (Å²) in [5, 5.41) is 9.38. The van der Waals surface area contributed by atoms with Crippen LogP contribution in [-0.2, 0) is 36.2 Å². The molecule has 1 aliphatic heterocycles. The van der Waals surface area contributed by atoms with Gasteiger partial charge in [0.25, 0.3) is 5.91 Å². The Bertz CT molecular complexity index is 952. The van der Waals surface area contributed by atoms with Crippen molar-refractivity contribution < 1.29 is 28.3 Å². The highest BCUT2D eigenvalue weighted by atomic mass is 31.2. The number of unbranched alkanes of at least 4 members (excludes halogenated alkanes) is 1. The van der Waals surface area contributed by atoms with Crippen LogP contribution in [-0.4, -0.2) is 46.7 Å². The standard InChI is InChI=1S/C25H32NO6P/c1-20(24(27)26-17-10-16-23(26)25(28)29)32-33(30,31-19-22-14-6-3-7-15-22)18-9-8-13-21-11-4-2-5-12-21/h2-7,11-12,14-15,20,23H,8-10,13,16-19H2,1H3,(H,28,29)/t20-,23-,33?/m0/s1. The zero-order valence-corrected chi connectivity index (χ0v) is 19.9. The third-order valence-electron chi connectivity index (χ3n) is 5.75. The van der Waals surface area contributed by atoms with Crippen LogP contribution in [0, 0.1) is 0 Å². The van der Waals surface area contributed by atoms with Gasteiger partial charge in [-0.15, -0.1) is 0 Å². The molecule has 3 atom stereocenters. The van der Waals surface area contributed by atoms with Crippen molar-refractivity contribution in [3.05, 3.63) is 71.8 Å². The molecule has 1 N–H and O–H groups in total. The number of carboxylic acids is 1. The van der Waals surface area contributed by atoms with E-state index in [1.165, 1.54) is 17.4 Å². The highest BCUT2D eigenvalue weighted by molar-refractivity contribution is 7.53. The van der Waals surface area contributed by atoms with Crippen LogP contribution in [0.15, 0.2) is 60.7 Å². The molecule has 0 aromatic heterocycles. The average Bonchev–Trinajstić information content (AvgIpc) is 3.32. The summed E-state index contributed by atoms with van der Waals surface area (Å²) >= 11 is 0. The number of amides is 1. The largest absolute Gasteiger partial charge is 0.480 e. The smallest absolute Gasteiger partial charge is 0.331 e. The molecule has 0 radical (unpaired) electrons. The number of aryl methyl sites for hydroxylation is 1. The zero-order valence-electron chi connectivity index (χ0n) is 19.0. The molecule has 1 fully saturated rings. The minimum atomic E-state index is -3.59. The summed E-state index contributed by atoms with van der Waals surface area (Å²) in [5.74, 6) is -1.50. The molecule has 7 nitrogen and oxygen atoms in total. The van der Waals surface area contributed by atoms with Crippen LogP contribution >= 0.6 is 7.60 Å². The van der Waals surface area contributed by atoms with Crippen LogP contribution in [0.25, 0.3) is 0 Å². The number of carboxylic acid groups (broad SMARTS) is 1. The van der Waals surface area contributed by atoms with E-state index in [-0.39, 0.29) is 12.8 Å². The molecule has 0 saturated carbocycles. The third-order valence-corrected chi connectivity index (χ3v) is 7.77. The molecule has 33 heavy (non-hydrogen) atoms. The molecule has 1 saturated heterocycles. The second-order valence-corrected chi connectivity index (χ2v) is 10.4. The second kappa shape index (κ2) is 12.1. The van der Waals surface area contributed by atoms with Crippen molar-refractivity contribution in [1.82, 2.24) is 4.90 Å². The molecule has 1 heterocycles. The lowest BCUT2D eigenvalue weighted by atomic mass is 10.1. The zero-order chi connectivity index (χ0) is 23.7. The Balaban J connectivity index is 1.62. The number of hydrogen-bond acceptors (Lipinski definition) is 5. The fraction of sp³-hybridized carbons (Fsp3) is 0.440. The van der Waals surface area contributed by atoms with Crippen molar-refractivity contribution in [3.63, 3.8) is 0 Å². The maximum atomic E-state index is 13.6. The van der Waals surface area contributed by atoms with Crippen molar-refractivity contribution >= 4 is 19.5 Å². The molecule has 0 aliphatic carbocycles. The molecule has 8 heteroatoms. The lowest BCUT2D eigenvalue weighted by molar-refractivity contribution is -0.151. The Kier molecular flexibility index (Phi) is 9.24. The normalized spacial score (nSPS) is 18.6. The molecule has 1 amide bonds. The summed E-state index contributed by atoms with van der Waals surface area (Å²) in [7, 11) is -3.59. The molecule has 1 unspecified atom stereocenters. The third kappa shape index (κ3) is 7.53. The first-order valence-corrected chi connectivity index (χ1v) is 13.1. The number of hydrogen-bond donors (Lipinski definition) is 1. The van der Waals surface area contributed by atoms with Gasteiger partial charge in [0.2, 0.25) is 0 Å². The van der Waals surface area contributed by atoms with Crippen LogP contribution < -0.4 is 0 Å². The van der Waals surface area contributed by atoms with Gasteiger partial charge < -0.3 is 14.5 Å². The lowest BCUT2D eigenvalue weighted by Crippen LogP contribution is -2.45. The molecule has 1 aliphatic rings. The van der Waals surface area contributed by atoms with Gasteiger partial charge in [-0.3, -0.25) is 13.9 Å². The maximum Gasteiger partial charge on any atom is 0.331 e. The first-order valence-electron chi connectivity index (χ1n) is 11.4. The van der Waals surface area contributed by atoms with Crippen molar-refractivity contribution in [1.29, 1.82) is 0 Å². The topological polar surface area (TPSA) is 93.1 Å². The molecule has 178 valence electrons. The van der Waals surface area contributed by atoms with Gasteiger partial charge in [0.05, 0.1) is 12.8 Å². The number of carbonyl (C=O) groups is 2. The molecular weight excluding hydrogens is 441 g/mol. The van der Waals surface area contributed by atoms with Gasteiger partial charge in [0.15, 0.2) is 0 Å². The molecule has 0 spiro atoms. The lowest BCUT2D eigenvalue weighted by Gasteiger charge is -2.27. The Labute approximate surface area is 195 Å². The quantitative estimate of drug-likeness (QED) is 0.348.